The third-order valence-electron chi connectivity index (χ3n) is 2.57. The van der Waals surface area contributed by atoms with Gasteiger partial charge in [0.2, 0.25) is 11.7 Å². The molecule has 0 radical (unpaired) electrons. The van der Waals surface area contributed by atoms with E-state index < -0.39 is 0 Å². The Morgan fingerprint density at radius 1 is 1.30 bits per heavy atom. The van der Waals surface area contributed by atoms with Crippen LogP contribution in [-0.2, 0) is 12.8 Å². The van der Waals surface area contributed by atoms with Crippen LogP contribution >= 0.6 is 23.4 Å². The number of aryl methyl sites for hydroxylation is 1. The van der Waals surface area contributed by atoms with Gasteiger partial charge < -0.3 is 9.09 Å². The van der Waals surface area contributed by atoms with Crippen LogP contribution in [0.15, 0.2) is 40.3 Å². The molecule has 3 rings (SSSR count). The molecule has 0 aliphatic rings. The summed E-state index contributed by atoms with van der Waals surface area (Å²) in [5.74, 6) is 1.64. The lowest BCUT2D eigenvalue weighted by Gasteiger charge is -1.95. The third-order valence-corrected chi connectivity index (χ3v) is 3.84. The molecule has 8 heteroatoms. The standard InChI is InChI=1S/C12H10ClN5OS/c1-18-7-14-16-12(18)20-6-10-15-11(17-19-10)8-2-4-9(13)5-3-8/h2-5,7H,6H2,1H3. The Bertz CT molecular complexity index is 709. The van der Waals surface area contributed by atoms with Crippen LogP contribution in [0.4, 0.5) is 0 Å². The zero-order valence-electron chi connectivity index (χ0n) is 10.5. The smallest absolute Gasteiger partial charge is 0.237 e. The highest BCUT2D eigenvalue weighted by Gasteiger charge is 2.10. The topological polar surface area (TPSA) is 69.6 Å². The van der Waals surface area contributed by atoms with Crippen molar-refractivity contribution in [2.24, 2.45) is 7.05 Å². The summed E-state index contributed by atoms with van der Waals surface area (Å²) in [6, 6.07) is 7.29. The molecule has 0 fully saturated rings. The molecule has 6 nitrogen and oxygen atoms in total. The van der Waals surface area contributed by atoms with Crippen molar-refractivity contribution in [3.63, 3.8) is 0 Å². The largest absolute Gasteiger partial charge is 0.338 e. The van der Waals surface area contributed by atoms with Crippen molar-refractivity contribution in [1.82, 2.24) is 24.9 Å². The van der Waals surface area contributed by atoms with Gasteiger partial charge in [0.1, 0.15) is 6.33 Å². The minimum atomic E-state index is 0.544. The molecule has 0 spiro atoms. The van der Waals surface area contributed by atoms with Crippen LogP contribution in [0.1, 0.15) is 5.89 Å². The van der Waals surface area contributed by atoms with E-state index in [0.29, 0.717) is 22.5 Å². The van der Waals surface area contributed by atoms with E-state index in [1.807, 2.05) is 23.7 Å². The third kappa shape index (κ3) is 2.83. The van der Waals surface area contributed by atoms with E-state index in [0.717, 1.165) is 10.7 Å². The average molecular weight is 308 g/mol. The lowest BCUT2D eigenvalue weighted by atomic mass is 10.2. The number of rotatable bonds is 4. The Balaban J connectivity index is 1.71. The van der Waals surface area contributed by atoms with E-state index in [1.54, 1.807) is 18.5 Å². The fourth-order valence-corrected chi connectivity index (χ4v) is 2.41. The molecule has 0 atom stereocenters. The van der Waals surface area contributed by atoms with E-state index in [4.69, 9.17) is 16.1 Å². The Morgan fingerprint density at radius 3 is 2.80 bits per heavy atom. The zero-order chi connectivity index (χ0) is 13.9. The maximum Gasteiger partial charge on any atom is 0.237 e. The first-order valence-corrected chi connectivity index (χ1v) is 7.14. The predicted molar refractivity (Wildman–Crippen MR) is 75.3 cm³/mol. The molecule has 0 bridgehead atoms. The number of benzene rings is 1. The number of halogens is 1. The van der Waals surface area contributed by atoms with Gasteiger partial charge in [-0.1, -0.05) is 28.5 Å². The average Bonchev–Trinajstić information content (AvgIpc) is 3.06. The number of aromatic nitrogens is 5. The molecule has 0 saturated heterocycles. The van der Waals surface area contributed by atoms with E-state index in [2.05, 4.69) is 20.3 Å². The van der Waals surface area contributed by atoms with Crippen LogP contribution in [0.3, 0.4) is 0 Å². The Morgan fingerprint density at radius 2 is 2.10 bits per heavy atom. The molecule has 0 unspecified atom stereocenters. The highest BCUT2D eigenvalue weighted by molar-refractivity contribution is 7.98. The first kappa shape index (κ1) is 13.1. The second-order valence-electron chi connectivity index (χ2n) is 4.03. The first-order chi connectivity index (χ1) is 9.72. The SMILES string of the molecule is Cn1cnnc1SCc1nc(-c2ccc(Cl)cc2)no1. The quantitative estimate of drug-likeness (QED) is 0.690. The summed E-state index contributed by atoms with van der Waals surface area (Å²) >= 11 is 7.33. The first-order valence-electron chi connectivity index (χ1n) is 5.78. The summed E-state index contributed by atoms with van der Waals surface area (Å²) in [6.07, 6.45) is 1.65. The van der Waals surface area contributed by atoms with Gasteiger partial charge in [-0.2, -0.15) is 4.98 Å². The molecule has 2 heterocycles. The summed E-state index contributed by atoms with van der Waals surface area (Å²) in [5.41, 5.74) is 0.869. The van der Waals surface area contributed by atoms with E-state index in [9.17, 15) is 0 Å². The molecule has 1 aromatic carbocycles. The van der Waals surface area contributed by atoms with Crippen LogP contribution < -0.4 is 0 Å². The molecule has 0 amide bonds. The van der Waals surface area contributed by atoms with Crippen LogP contribution in [0.5, 0.6) is 0 Å². The number of nitrogens with zero attached hydrogens (tertiary/aromatic N) is 5. The van der Waals surface area contributed by atoms with Gasteiger partial charge in [0.15, 0.2) is 5.16 Å². The van der Waals surface area contributed by atoms with Crippen LogP contribution in [-0.4, -0.2) is 24.9 Å². The minimum absolute atomic E-state index is 0.544. The summed E-state index contributed by atoms with van der Waals surface area (Å²) in [6.45, 7) is 0. The predicted octanol–water partition coefficient (Wildman–Crippen LogP) is 2.81. The molecule has 0 aliphatic carbocycles. The van der Waals surface area contributed by atoms with Crippen molar-refractivity contribution >= 4 is 23.4 Å². The van der Waals surface area contributed by atoms with E-state index in [1.165, 1.54) is 11.8 Å². The molecular formula is C12H10ClN5OS. The van der Waals surface area contributed by atoms with Gasteiger partial charge in [-0.25, -0.2) is 0 Å². The van der Waals surface area contributed by atoms with Gasteiger partial charge in [0.25, 0.3) is 0 Å². The molecule has 20 heavy (non-hydrogen) atoms. The minimum Gasteiger partial charge on any atom is -0.338 e. The lowest BCUT2D eigenvalue weighted by molar-refractivity contribution is 0.391. The van der Waals surface area contributed by atoms with Crippen molar-refractivity contribution in [1.29, 1.82) is 0 Å². The lowest BCUT2D eigenvalue weighted by Crippen LogP contribution is -1.90. The highest BCUT2D eigenvalue weighted by atomic mass is 35.5. The number of hydrogen-bond acceptors (Lipinski definition) is 6. The molecule has 2 aromatic heterocycles. The van der Waals surface area contributed by atoms with Crippen molar-refractivity contribution in [3.05, 3.63) is 41.5 Å². The normalized spacial score (nSPS) is 10.9. The fourth-order valence-electron chi connectivity index (χ4n) is 1.56. The maximum atomic E-state index is 5.84. The number of hydrogen-bond donors (Lipinski definition) is 0. The van der Waals surface area contributed by atoms with E-state index >= 15 is 0 Å². The Hall–Kier alpha value is -1.86. The molecule has 0 aliphatic heterocycles. The van der Waals surface area contributed by atoms with Gasteiger partial charge in [-0.05, 0) is 24.3 Å². The summed E-state index contributed by atoms with van der Waals surface area (Å²) in [7, 11) is 1.88. The molecular weight excluding hydrogens is 298 g/mol. The molecule has 3 aromatic rings. The Labute approximate surface area is 124 Å². The second kappa shape index (κ2) is 5.64. The maximum absolute atomic E-state index is 5.84. The Kier molecular flexibility index (Phi) is 3.70. The number of thioether (sulfide) groups is 1. The van der Waals surface area contributed by atoms with Gasteiger partial charge in [0.05, 0.1) is 5.75 Å². The fraction of sp³-hybridized carbons (Fsp3) is 0.167. The molecule has 102 valence electrons. The monoisotopic (exact) mass is 307 g/mol. The van der Waals surface area contributed by atoms with Crippen LogP contribution in [0, 0.1) is 0 Å². The van der Waals surface area contributed by atoms with Gasteiger partial charge >= 0.3 is 0 Å². The van der Waals surface area contributed by atoms with Crippen molar-refractivity contribution in [2.75, 3.05) is 0 Å². The van der Waals surface area contributed by atoms with Crippen molar-refractivity contribution < 1.29 is 4.52 Å². The second-order valence-corrected chi connectivity index (χ2v) is 5.41. The van der Waals surface area contributed by atoms with Gasteiger partial charge in [-0.3, -0.25) is 0 Å². The highest BCUT2D eigenvalue weighted by Crippen LogP contribution is 2.22. The van der Waals surface area contributed by atoms with Crippen molar-refractivity contribution in [3.8, 4) is 11.4 Å². The van der Waals surface area contributed by atoms with E-state index in [-0.39, 0.29) is 0 Å². The van der Waals surface area contributed by atoms with Crippen LogP contribution in [0.25, 0.3) is 11.4 Å². The zero-order valence-corrected chi connectivity index (χ0v) is 12.1. The summed E-state index contributed by atoms with van der Waals surface area (Å²) < 4.78 is 7.05. The summed E-state index contributed by atoms with van der Waals surface area (Å²) in [5, 5.41) is 13.2. The van der Waals surface area contributed by atoms with Gasteiger partial charge in [-0.15, -0.1) is 10.2 Å². The van der Waals surface area contributed by atoms with Crippen LogP contribution in [0.2, 0.25) is 5.02 Å². The summed E-state index contributed by atoms with van der Waals surface area (Å²) in [4.78, 5) is 4.34. The van der Waals surface area contributed by atoms with Gasteiger partial charge in [0, 0.05) is 17.6 Å². The molecule has 0 saturated carbocycles. The molecule has 0 N–H and O–H groups in total. The van der Waals surface area contributed by atoms with Crippen molar-refractivity contribution in [2.45, 2.75) is 10.9 Å².